The van der Waals surface area contributed by atoms with Gasteiger partial charge in [-0.1, -0.05) is 24.3 Å². The van der Waals surface area contributed by atoms with Crippen LogP contribution >= 0.6 is 0 Å². The lowest BCUT2D eigenvalue weighted by atomic mass is 10.00. The van der Waals surface area contributed by atoms with Gasteiger partial charge in [0.05, 0.1) is 0 Å². The maximum atomic E-state index is 13.5. The van der Waals surface area contributed by atoms with Gasteiger partial charge in [0.1, 0.15) is 11.6 Å². The first-order valence-electron chi connectivity index (χ1n) is 5.38. The maximum absolute atomic E-state index is 13.5. The highest BCUT2D eigenvalue weighted by Gasteiger charge is 2.12. The minimum absolute atomic E-state index is 0.245. The van der Waals surface area contributed by atoms with E-state index in [-0.39, 0.29) is 11.9 Å². The zero-order chi connectivity index (χ0) is 12.3. The molecule has 0 amide bonds. The Kier molecular flexibility index (Phi) is 3.35. The second-order valence-corrected chi connectivity index (χ2v) is 3.88. The highest BCUT2D eigenvalue weighted by Crippen LogP contribution is 2.21. The molecule has 0 saturated carbocycles. The van der Waals surface area contributed by atoms with Crippen molar-refractivity contribution in [1.82, 2.24) is 4.98 Å². The number of nitrogen functional groups attached to an aromatic ring is 1. The van der Waals surface area contributed by atoms with Gasteiger partial charge in [-0.25, -0.2) is 9.37 Å². The fourth-order valence-electron chi connectivity index (χ4n) is 1.75. The van der Waals surface area contributed by atoms with Crippen molar-refractivity contribution in [2.24, 2.45) is 5.73 Å². The molecule has 4 heteroatoms. The highest BCUT2D eigenvalue weighted by molar-refractivity contribution is 5.41. The van der Waals surface area contributed by atoms with E-state index in [1.54, 1.807) is 30.5 Å². The van der Waals surface area contributed by atoms with Crippen LogP contribution in [0, 0.1) is 5.82 Å². The van der Waals surface area contributed by atoms with Gasteiger partial charge >= 0.3 is 0 Å². The van der Waals surface area contributed by atoms with Gasteiger partial charge < -0.3 is 11.5 Å². The molecule has 2 rings (SSSR count). The molecule has 0 spiro atoms. The van der Waals surface area contributed by atoms with E-state index in [9.17, 15) is 4.39 Å². The minimum atomic E-state index is -0.347. The Morgan fingerprint density at radius 2 is 1.94 bits per heavy atom. The van der Waals surface area contributed by atoms with Gasteiger partial charge in [-0.05, 0) is 24.1 Å². The first-order chi connectivity index (χ1) is 8.18. The van der Waals surface area contributed by atoms with Gasteiger partial charge in [0.25, 0.3) is 0 Å². The molecular weight excluding hydrogens is 217 g/mol. The minimum Gasteiger partial charge on any atom is -0.383 e. The largest absolute Gasteiger partial charge is 0.383 e. The zero-order valence-electron chi connectivity index (χ0n) is 9.31. The molecule has 0 bridgehead atoms. The summed E-state index contributed by atoms with van der Waals surface area (Å²) in [5, 5.41) is 0. The van der Waals surface area contributed by atoms with Crippen LogP contribution in [0.5, 0.6) is 0 Å². The van der Waals surface area contributed by atoms with Crippen LogP contribution < -0.4 is 11.5 Å². The number of nitrogens with zero attached hydrogens (tertiary/aromatic N) is 1. The topological polar surface area (TPSA) is 64.9 Å². The maximum Gasteiger partial charge on any atom is 0.128 e. The van der Waals surface area contributed by atoms with E-state index in [1.807, 2.05) is 6.07 Å². The van der Waals surface area contributed by atoms with Crippen LogP contribution in [0.4, 0.5) is 10.2 Å². The van der Waals surface area contributed by atoms with E-state index in [1.165, 1.54) is 6.07 Å². The van der Waals surface area contributed by atoms with E-state index in [0.717, 1.165) is 5.56 Å². The number of hydrogen-bond donors (Lipinski definition) is 2. The predicted octanol–water partition coefficient (Wildman–Crippen LogP) is 2.05. The summed E-state index contributed by atoms with van der Waals surface area (Å²) in [7, 11) is 0. The first-order valence-corrected chi connectivity index (χ1v) is 5.38. The first kappa shape index (κ1) is 11.5. The number of anilines is 1. The van der Waals surface area contributed by atoms with Crippen LogP contribution in [0.15, 0.2) is 42.6 Å². The van der Waals surface area contributed by atoms with Crippen LogP contribution in [0.25, 0.3) is 0 Å². The van der Waals surface area contributed by atoms with Crippen molar-refractivity contribution in [3.8, 4) is 0 Å². The molecule has 88 valence electrons. The molecule has 1 atom stereocenters. The molecule has 0 radical (unpaired) electrons. The third-order valence-corrected chi connectivity index (χ3v) is 2.67. The van der Waals surface area contributed by atoms with Crippen molar-refractivity contribution in [3.05, 3.63) is 59.5 Å². The smallest absolute Gasteiger partial charge is 0.128 e. The summed E-state index contributed by atoms with van der Waals surface area (Å²) in [5.41, 5.74) is 13.1. The van der Waals surface area contributed by atoms with Gasteiger partial charge in [0.15, 0.2) is 0 Å². The molecule has 17 heavy (non-hydrogen) atoms. The second-order valence-electron chi connectivity index (χ2n) is 3.88. The van der Waals surface area contributed by atoms with Crippen molar-refractivity contribution >= 4 is 5.82 Å². The summed E-state index contributed by atoms with van der Waals surface area (Å²) in [4.78, 5) is 3.97. The molecule has 1 unspecified atom stereocenters. The highest BCUT2D eigenvalue weighted by atomic mass is 19.1. The van der Waals surface area contributed by atoms with Gasteiger partial charge in [-0.15, -0.1) is 0 Å². The Labute approximate surface area is 99.3 Å². The van der Waals surface area contributed by atoms with Crippen molar-refractivity contribution in [2.45, 2.75) is 12.5 Å². The molecule has 1 heterocycles. The third-order valence-electron chi connectivity index (χ3n) is 2.67. The predicted molar refractivity (Wildman–Crippen MR) is 65.7 cm³/mol. The van der Waals surface area contributed by atoms with Crippen LogP contribution in [0.3, 0.4) is 0 Å². The van der Waals surface area contributed by atoms with Crippen LogP contribution in [0.1, 0.15) is 17.2 Å². The Bertz CT molecular complexity index is 514. The lowest BCUT2D eigenvalue weighted by Gasteiger charge is -2.13. The third kappa shape index (κ3) is 2.60. The molecule has 1 aromatic heterocycles. The molecular formula is C13H14FN3. The van der Waals surface area contributed by atoms with Gasteiger partial charge in [0, 0.05) is 17.8 Å². The van der Waals surface area contributed by atoms with Crippen molar-refractivity contribution < 1.29 is 4.39 Å². The number of benzene rings is 1. The Morgan fingerprint density at radius 3 is 2.65 bits per heavy atom. The zero-order valence-corrected chi connectivity index (χ0v) is 9.31. The standard InChI is InChI=1S/C13H14FN3/c14-11-6-2-1-4-9(11)8-12(15)10-5-3-7-17-13(10)16/h1-7,12H,8,15H2,(H2,16,17). The summed E-state index contributed by atoms with van der Waals surface area (Å²) in [6.45, 7) is 0. The number of nitrogens with two attached hydrogens (primary N) is 2. The SMILES string of the molecule is Nc1ncccc1C(N)Cc1ccccc1F. The number of pyridine rings is 1. The molecule has 2 aromatic rings. The van der Waals surface area contributed by atoms with E-state index < -0.39 is 0 Å². The molecule has 1 aromatic carbocycles. The van der Waals surface area contributed by atoms with E-state index in [2.05, 4.69) is 4.98 Å². The molecule has 0 aliphatic carbocycles. The lowest BCUT2D eigenvalue weighted by molar-refractivity contribution is 0.593. The molecule has 0 aliphatic rings. The fourth-order valence-corrected chi connectivity index (χ4v) is 1.75. The van der Waals surface area contributed by atoms with Gasteiger partial charge in [-0.2, -0.15) is 0 Å². The summed E-state index contributed by atoms with van der Waals surface area (Å²) < 4.78 is 13.5. The van der Waals surface area contributed by atoms with Crippen molar-refractivity contribution in [3.63, 3.8) is 0 Å². The number of hydrogen-bond acceptors (Lipinski definition) is 3. The normalized spacial score (nSPS) is 12.4. The van der Waals surface area contributed by atoms with Crippen molar-refractivity contribution in [1.29, 1.82) is 0 Å². The summed E-state index contributed by atoms with van der Waals surface area (Å²) in [6.07, 6.45) is 2.01. The summed E-state index contributed by atoms with van der Waals surface area (Å²) >= 11 is 0. The molecule has 0 aliphatic heterocycles. The average molecular weight is 231 g/mol. The Morgan fingerprint density at radius 1 is 1.18 bits per heavy atom. The number of aromatic nitrogens is 1. The van der Waals surface area contributed by atoms with Gasteiger partial charge in [-0.3, -0.25) is 0 Å². The Hall–Kier alpha value is -1.94. The van der Waals surface area contributed by atoms with Crippen LogP contribution in [-0.2, 0) is 6.42 Å². The monoisotopic (exact) mass is 231 g/mol. The van der Waals surface area contributed by atoms with Crippen molar-refractivity contribution in [2.75, 3.05) is 5.73 Å². The Balaban J connectivity index is 2.20. The molecule has 0 fully saturated rings. The summed E-state index contributed by atoms with van der Waals surface area (Å²) in [6, 6.07) is 9.83. The number of halogens is 1. The summed E-state index contributed by atoms with van der Waals surface area (Å²) in [5.74, 6) is 0.154. The lowest BCUT2D eigenvalue weighted by Crippen LogP contribution is -2.16. The molecule has 4 N–H and O–H groups in total. The average Bonchev–Trinajstić information content (AvgIpc) is 2.32. The fraction of sp³-hybridized carbons (Fsp3) is 0.154. The van der Waals surface area contributed by atoms with E-state index in [4.69, 9.17) is 11.5 Å². The second kappa shape index (κ2) is 4.93. The molecule has 3 nitrogen and oxygen atoms in total. The van der Waals surface area contributed by atoms with Gasteiger partial charge in [0.2, 0.25) is 0 Å². The van der Waals surface area contributed by atoms with Crippen LogP contribution in [-0.4, -0.2) is 4.98 Å². The number of rotatable bonds is 3. The quantitative estimate of drug-likeness (QED) is 0.849. The van der Waals surface area contributed by atoms with Crippen LogP contribution in [0.2, 0.25) is 0 Å². The van der Waals surface area contributed by atoms with E-state index in [0.29, 0.717) is 17.8 Å². The molecule has 0 saturated heterocycles. The van der Waals surface area contributed by atoms with E-state index >= 15 is 0 Å².